The Bertz CT molecular complexity index is 473. The van der Waals surface area contributed by atoms with Crippen molar-refractivity contribution >= 4 is 34.6 Å². The van der Waals surface area contributed by atoms with Crippen LogP contribution in [0.2, 0.25) is 10.0 Å². The minimum Gasteiger partial charge on any atom is -0.378 e. The Hall–Kier alpha value is -1.04. The first-order chi connectivity index (χ1) is 8.99. The van der Waals surface area contributed by atoms with Gasteiger partial charge in [0.25, 0.3) is 5.69 Å². The number of hydrogen-bond acceptors (Lipinski definition) is 4. The Morgan fingerprint density at radius 2 is 1.84 bits per heavy atom. The summed E-state index contributed by atoms with van der Waals surface area (Å²) in [6, 6.07) is 2.75. The molecule has 0 aromatic heterocycles. The maximum Gasteiger partial charge on any atom is 0.272 e. The molecule has 0 spiro atoms. The zero-order valence-corrected chi connectivity index (χ0v) is 11.7. The first-order valence-electron chi connectivity index (χ1n) is 6.14. The lowest BCUT2D eigenvalue weighted by Gasteiger charge is -2.30. The van der Waals surface area contributed by atoms with Crippen LogP contribution in [0, 0.1) is 10.1 Å². The van der Waals surface area contributed by atoms with E-state index in [1.165, 1.54) is 12.1 Å². The van der Waals surface area contributed by atoms with Crippen LogP contribution in [-0.4, -0.2) is 17.0 Å². The van der Waals surface area contributed by atoms with Crippen molar-refractivity contribution in [2.24, 2.45) is 5.73 Å². The van der Waals surface area contributed by atoms with E-state index in [9.17, 15) is 10.1 Å². The summed E-state index contributed by atoms with van der Waals surface area (Å²) < 4.78 is 0. The fourth-order valence-electron chi connectivity index (χ4n) is 2.33. The SMILES string of the molecule is N[C@@H]1CCCC[C@H]1Nc1c(Cl)cc([N+](=O)[O-])cc1Cl. The summed E-state index contributed by atoms with van der Waals surface area (Å²) in [5.41, 5.74) is 6.46. The number of nitrogens with zero attached hydrogens (tertiary/aromatic N) is 1. The van der Waals surface area contributed by atoms with Gasteiger partial charge in [-0.1, -0.05) is 36.0 Å². The molecule has 1 fully saturated rings. The fraction of sp³-hybridized carbons (Fsp3) is 0.500. The first kappa shape index (κ1) is 14.4. The second-order valence-electron chi connectivity index (χ2n) is 4.74. The van der Waals surface area contributed by atoms with Gasteiger partial charge in [0, 0.05) is 24.2 Å². The van der Waals surface area contributed by atoms with Gasteiger partial charge >= 0.3 is 0 Å². The number of nitro benzene ring substituents is 1. The number of halogens is 2. The van der Waals surface area contributed by atoms with Crippen LogP contribution in [0.1, 0.15) is 25.7 Å². The highest BCUT2D eigenvalue weighted by atomic mass is 35.5. The zero-order chi connectivity index (χ0) is 14.0. The average molecular weight is 304 g/mol. The lowest BCUT2D eigenvalue weighted by molar-refractivity contribution is -0.384. The van der Waals surface area contributed by atoms with Gasteiger partial charge < -0.3 is 11.1 Å². The van der Waals surface area contributed by atoms with E-state index in [4.69, 9.17) is 28.9 Å². The van der Waals surface area contributed by atoms with E-state index in [-0.39, 0.29) is 27.8 Å². The molecule has 3 N–H and O–H groups in total. The molecular formula is C12H15Cl2N3O2. The average Bonchev–Trinajstić information content (AvgIpc) is 2.35. The number of nitrogens with one attached hydrogen (secondary N) is 1. The van der Waals surface area contributed by atoms with Crippen LogP contribution in [0.15, 0.2) is 12.1 Å². The summed E-state index contributed by atoms with van der Waals surface area (Å²) >= 11 is 12.1. The minimum absolute atomic E-state index is 0.0519. The van der Waals surface area contributed by atoms with E-state index in [2.05, 4.69) is 5.32 Å². The lowest BCUT2D eigenvalue weighted by atomic mass is 9.91. The molecule has 7 heteroatoms. The molecule has 104 valence electrons. The van der Waals surface area contributed by atoms with E-state index >= 15 is 0 Å². The number of nitro groups is 1. The third-order valence-corrected chi connectivity index (χ3v) is 3.98. The van der Waals surface area contributed by atoms with Gasteiger partial charge in [0.15, 0.2) is 0 Å². The molecule has 19 heavy (non-hydrogen) atoms. The third-order valence-electron chi connectivity index (χ3n) is 3.39. The fourth-order valence-corrected chi connectivity index (χ4v) is 2.91. The van der Waals surface area contributed by atoms with Gasteiger partial charge in [0.1, 0.15) is 0 Å². The van der Waals surface area contributed by atoms with Crippen molar-refractivity contribution < 1.29 is 4.92 Å². The smallest absolute Gasteiger partial charge is 0.272 e. The van der Waals surface area contributed by atoms with E-state index in [0.717, 1.165) is 25.7 Å². The highest BCUT2D eigenvalue weighted by Gasteiger charge is 2.24. The lowest BCUT2D eigenvalue weighted by Crippen LogP contribution is -2.42. The molecule has 2 rings (SSSR count). The molecule has 1 aromatic rings. The molecule has 0 aliphatic heterocycles. The number of rotatable bonds is 3. The Kier molecular flexibility index (Phi) is 4.50. The van der Waals surface area contributed by atoms with Gasteiger partial charge in [-0.15, -0.1) is 0 Å². The molecule has 0 saturated heterocycles. The molecule has 0 unspecified atom stereocenters. The largest absolute Gasteiger partial charge is 0.378 e. The number of anilines is 1. The van der Waals surface area contributed by atoms with Crippen LogP contribution in [0.5, 0.6) is 0 Å². The highest BCUT2D eigenvalue weighted by molar-refractivity contribution is 6.39. The maximum absolute atomic E-state index is 10.7. The van der Waals surface area contributed by atoms with Gasteiger partial charge in [-0.05, 0) is 12.8 Å². The second kappa shape index (κ2) is 5.94. The van der Waals surface area contributed by atoms with Crippen LogP contribution >= 0.6 is 23.2 Å². The van der Waals surface area contributed by atoms with Gasteiger partial charge in [0.05, 0.1) is 20.7 Å². The minimum atomic E-state index is -0.520. The number of nitrogens with two attached hydrogens (primary N) is 1. The summed E-state index contributed by atoms with van der Waals surface area (Å²) in [5, 5.41) is 14.4. The summed E-state index contributed by atoms with van der Waals surface area (Å²) in [4.78, 5) is 10.2. The van der Waals surface area contributed by atoms with Gasteiger partial charge in [0.2, 0.25) is 0 Å². The standard InChI is InChI=1S/C12H15Cl2N3O2/c13-8-5-7(17(18)19)6-9(14)12(8)16-11-4-2-1-3-10(11)15/h5-6,10-11,16H,1-4,15H2/t10-,11-/m1/s1. The van der Waals surface area contributed by atoms with Crippen molar-refractivity contribution in [1.29, 1.82) is 0 Å². The van der Waals surface area contributed by atoms with Crippen molar-refractivity contribution in [2.75, 3.05) is 5.32 Å². The van der Waals surface area contributed by atoms with Crippen LogP contribution < -0.4 is 11.1 Å². The van der Waals surface area contributed by atoms with E-state index in [1.807, 2.05) is 0 Å². The molecule has 2 atom stereocenters. The monoisotopic (exact) mass is 303 g/mol. The van der Waals surface area contributed by atoms with Crippen molar-refractivity contribution in [2.45, 2.75) is 37.8 Å². The Balaban J connectivity index is 2.22. The Morgan fingerprint density at radius 3 is 2.37 bits per heavy atom. The molecule has 5 nitrogen and oxygen atoms in total. The van der Waals surface area contributed by atoms with E-state index in [1.54, 1.807) is 0 Å². The number of hydrogen-bond donors (Lipinski definition) is 2. The molecule has 1 aliphatic carbocycles. The second-order valence-corrected chi connectivity index (χ2v) is 5.56. The molecule has 1 saturated carbocycles. The summed E-state index contributed by atoms with van der Waals surface area (Å²) in [6.45, 7) is 0. The molecule has 0 amide bonds. The van der Waals surface area contributed by atoms with Crippen molar-refractivity contribution in [1.82, 2.24) is 0 Å². The number of non-ortho nitro benzene ring substituents is 1. The van der Waals surface area contributed by atoms with E-state index in [0.29, 0.717) is 5.69 Å². The van der Waals surface area contributed by atoms with Gasteiger partial charge in [-0.2, -0.15) is 0 Å². The predicted octanol–water partition coefficient (Wildman–Crippen LogP) is 3.58. The third kappa shape index (κ3) is 3.29. The molecule has 1 aromatic carbocycles. The summed E-state index contributed by atoms with van der Waals surface area (Å²) in [5.74, 6) is 0. The van der Waals surface area contributed by atoms with Gasteiger partial charge in [-0.25, -0.2) is 0 Å². The molecule has 0 heterocycles. The van der Waals surface area contributed by atoms with Crippen molar-refractivity contribution in [3.63, 3.8) is 0 Å². The maximum atomic E-state index is 10.7. The molecular weight excluding hydrogens is 289 g/mol. The predicted molar refractivity (Wildman–Crippen MR) is 77.0 cm³/mol. The van der Waals surface area contributed by atoms with Gasteiger partial charge in [-0.3, -0.25) is 10.1 Å². The van der Waals surface area contributed by atoms with Crippen LogP contribution in [0.4, 0.5) is 11.4 Å². The topological polar surface area (TPSA) is 81.2 Å². The quantitative estimate of drug-likeness (QED) is 0.660. The number of benzene rings is 1. The molecule has 1 aliphatic rings. The van der Waals surface area contributed by atoms with Crippen LogP contribution in [0.25, 0.3) is 0 Å². The van der Waals surface area contributed by atoms with Crippen molar-refractivity contribution in [3.8, 4) is 0 Å². The summed E-state index contributed by atoms with van der Waals surface area (Å²) in [7, 11) is 0. The zero-order valence-electron chi connectivity index (χ0n) is 10.2. The molecule has 0 bridgehead atoms. The van der Waals surface area contributed by atoms with E-state index < -0.39 is 4.92 Å². The van der Waals surface area contributed by atoms with Crippen LogP contribution in [-0.2, 0) is 0 Å². The first-order valence-corrected chi connectivity index (χ1v) is 6.90. The normalized spacial score (nSPS) is 23.1. The highest BCUT2D eigenvalue weighted by Crippen LogP contribution is 2.36. The Labute approximate surface area is 121 Å². The van der Waals surface area contributed by atoms with Crippen LogP contribution in [0.3, 0.4) is 0 Å². The summed E-state index contributed by atoms with van der Waals surface area (Å²) in [6.07, 6.45) is 4.14. The van der Waals surface area contributed by atoms with Crippen molar-refractivity contribution in [3.05, 3.63) is 32.3 Å². The Morgan fingerprint density at radius 1 is 1.26 bits per heavy atom. The molecule has 0 radical (unpaired) electrons.